The number of carbonyl (C=O) groups is 1. The number of hydrogen-bond donors (Lipinski definition) is 1. The van der Waals surface area contributed by atoms with E-state index < -0.39 is 22.3 Å². The predicted molar refractivity (Wildman–Crippen MR) is 63.7 cm³/mol. The monoisotopic (exact) mass is 255 g/mol. The lowest BCUT2D eigenvalue weighted by molar-refractivity contribution is -0.385. The maximum atomic E-state index is 13.6. The van der Waals surface area contributed by atoms with E-state index in [1.165, 1.54) is 11.9 Å². The Morgan fingerprint density at radius 1 is 1.61 bits per heavy atom. The van der Waals surface area contributed by atoms with Crippen LogP contribution in [0.1, 0.15) is 17.3 Å². The van der Waals surface area contributed by atoms with E-state index in [9.17, 15) is 19.3 Å². The van der Waals surface area contributed by atoms with Crippen LogP contribution in [0.15, 0.2) is 18.2 Å². The lowest BCUT2D eigenvalue weighted by Gasteiger charge is -2.23. The molecule has 1 atom stereocenters. The molecule has 1 aromatic carbocycles. The molecular weight excluding hydrogens is 241 g/mol. The summed E-state index contributed by atoms with van der Waals surface area (Å²) in [6, 6.07) is 2.69. The van der Waals surface area contributed by atoms with E-state index in [1.54, 1.807) is 6.92 Å². The number of nitrogens with two attached hydrogens (primary N) is 1. The molecule has 1 rings (SSSR count). The molecule has 1 aromatic rings. The molecule has 2 N–H and O–H groups in total. The fourth-order valence-electron chi connectivity index (χ4n) is 1.34. The summed E-state index contributed by atoms with van der Waals surface area (Å²) in [5.41, 5.74) is 4.82. The van der Waals surface area contributed by atoms with Gasteiger partial charge >= 0.3 is 0 Å². The summed E-state index contributed by atoms with van der Waals surface area (Å²) in [4.78, 5) is 22.9. The molecule has 18 heavy (non-hydrogen) atoms. The Hall–Kier alpha value is -2.02. The summed E-state index contributed by atoms with van der Waals surface area (Å²) in [7, 11) is 1.50. The molecule has 0 bridgehead atoms. The number of halogens is 1. The molecule has 0 heterocycles. The van der Waals surface area contributed by atoms with Crippen molar-refractivity contribution >= 4 is 11.6 Å². The van der Waals surface area contributed by atoms with E-state index in [4.69, 9.17) is 5.73 Å². The van der Waals surface area contributed by atoms with Gasteiger partial charge in [0.25, 0.3) is 11.6 Å². The normalized spacial score (nSPS) is 12.0. The van der Waals surface area contributed by atoms with Gasteiger partial charge in [0.15, 0.2) is 0 Å². The smallest absolute Gasteiger partial charge is 0.272 e. The molecule has 1 amide bonds. The number of benzene rings is 1. The Morgan fingerprint density at radius 3 is 2.67 bits per heavy atom. The number of nitro groups is 1. The second-order valence-electron chi connectivity index (χ2n) is 3.92. The van der Waals surface area contributed by atoms with Crippen molar-refractivity contribution in [3.05, 3.63) is 39.7 Å². The van der Waals surface area contributed by atoms with Crippen LogP contribution in [0.4, 0.5) is 10.1 Å². The van der Waals surface area contributed by atoms with Gasteiger partial charge in [-0.2, -0.15) is 0 Å². The topological polar surface area (TPSA) is 89.5 Å². The molecule has 0 fully saturated rings. The molecule has 7 heteroatoms. The van der Waals surface area contributed by atoms with Crippen LogP contribution >= 0.6 is 0 Å². The van der Waals surface area contributed by atoms with Crippen LogP contribution in [0, 0.1) is 15.9 Å². The van der Waals surface area contributed by atoms with Gasteiger partial charge in [-0.05, 0) is 13.0 Å². The lowest BCUT2D eigenvalue weighted by atomic mass is 10.1. The number of nitrogens with zero attached hydrogens (tertiary/aromatic N) is 2. The second-order valence-corrected chi connectivity index (χ2v) is 3.92. The Labute approximate surface area is 103 Å². The van der Waals surface area contributed by atoms with Crippen LogP contribution in [0.2, 0.25) is 0 Å². The van der Waals surface area contributed by atoms with Gasteiger partial charge in [0.05, 0.1) is 16.6 Å². The second kappa shape index (κ2) is 5.54. The molecule has 0 aliphatic carbocycles. The van der Waals surface area contributed by atoms with Gasteiger partial charge in [0.2, 0.25) is 0 Å². The number of non-ortho nitro benzene ring substituents is 1. The fourth-order valence-corrected chi connectivity index (χ4v) is 1.34. The zero-order valence-electron chi connectivity index (χ0n) is 10.1. The Balaban J connectivity index is 3.04. The van der Waals surface area contributed by atoms with Gasteiger partial charge in [0.1, 0.15) is 5.82 Å². The van der Waals surface area contributed by atoms with Crippen molar-refractivity contribution in [1.29, 1.82) is 0 Å². The SMILES string of the molecule is CC(CN)N(C)C(=O)c1ccc([N+](=O)[O-])cc1F. The fraction of sp³-hybridized carbons (Fsp3) is 0.364. The van der Waals surface area contributed by atoms with E-state index in [1.807, 2.05) is 0 Å². The molecular formula is C11H14FN3O3. The zero-order valence-corrected chi connectivity index (χ0v) is 10.1. The third-order valence-corrected chi connectivity index (χ3v) is 2.72. The highest BCUT2D eigenvalue weighted by Crippen LogP contribution is 2.18. The quantitative estimate of drug-likeness (QED) is 0.645. The predicted octanol–water partition coefficient (Wildman–Crippen LogP) is 1.15. The zero-order chi connectivity index (χ0) is 13.9. The highest BCUT2D eigenvalue weighted by Gasteiger charge is 2.21. The Bertz CT molecular complexity index is 479. The summed E-state index contributed by atoms with van der Waals surface area (Å²) in [5, 5.41) is 10.4. The average Bonchev–Trinajstić information content (AvgIpc) is 2.35. The van der Waals surface area contributed by atoms with Gasteiger partial charge in [-0.1, -0.05) is 0 Å². The highest BCUT2D eigenvalue weighted by molar-refractivity contribution is 5.94. The number of amides is 1. The summed E-state index contributed by atoms with van der Waals surface area (Å²) >= 11 is 0. The van der Waals surface area contributed by atoms with Gasteiger partial charge in [-0.15, -0.1) is 0 Å². The van der Waals surface area contributed by atoms with Crippen LogP contribution in [0.25, 0.3) is 0 Å². The molecule has 0 saturated heterocycles. The van der Waals surface area contributed by atoms with Crippen LogP contribution in [0.5, 0.6) is 0 Å². The first-order valence-corrected chi connectivity index (χ1v) is 5.29. The largest absolute Gasteiger partial charge is 0.338 e. The van der Waals surface area contributed by atoms with Crippen molar-refractivity contribution in [2.75, 3.05) is 13.6 Å². The van der Waals surface area contributed by atoms with Gasteiger partial charge < -0.3 is 10.6 Å². The van der Waals surface area contributed by atoms with Gasteiger partial charge in [-0.3, -0.25) is 14.9 Å². The average molecular weight is 255 g/mol. The molecule has 0 radical (unpaired) electrons. The highest BCUT2D eigenvalue weighted by atomic mass is 19.1. The first kappa shape index (κ1) is 14.0. The third-order valence-electron chi connectivity index (χ3n) is 2.72. The Kier molecular flexibility index (Phi) is 4.33. The maximum absolute atomic E-state index is 13.6. The number of rotatable bonds is 4. The summed E-state index contributed by atoms with van der Waals surface area (Å²) < 4.78 is 13.6. The van der Waals surface area contributed by atoms with E-state index in [2.05, 4.69) is 0 Å². The first-order chi connectivity index (χ1) is 8.38. The van der Waals surface area contributed by atoms with Crippen LogP contribution < -0.4 is 5.73 Å². The van der Waals surface area contributed by atoms with Crippen molar-refractivity contribution in [2.24, 2.45) is 5.73 Å². The number of hydrogen-bond acceptors (Lipinski definition) is 4. The van der Waals surface area contributed by atoms with Gasteiger partial charge in [0, 0.05) is 25.7 Å². The van der Waals surface area contributed by atoms with Gasteiger partial charge in [-0.25, -0.2) is 4.39 Å². The van der Waals surface area contributed by atoms with Crippen molar-refractivity contribution in [1.82, 2.24) is 4.90 Å². The third kappa shape index (κ3) is 2.80. The van der Waals surface area contributed by atoms with Crippen molar-refractivity contribution in [3.63, 3.8) is 0 Å². The van der Waals surface area contributed by atoms with E-state index in [0.717, 1.165) is 18.2 Å². The van der Waals surface area contributed by atoms with Crippen LogP contribution in [-0.2, 0) is 0 Å². The van der Waals surface area contributed by atoms with Crippen molar-refractivity contribution in [3.8, 4) is 0 Å². The molecule has 0 aliphatic rings. The molecule has 0 spiro atoms. The molecule has 0 saturated carbocycles. The number of nitro benzene ring substituents is 1. The summed E-state index contributed by atoms with van der Waals surface area (Å²) in [6.45, 7) is 1.97. The molecule has 0 aliphatic heterocycles. The van der Waals surface area contributed by atoms with Crippen molar-refractivity contribution < 1.29 is 14.1 Å². The summed E-state index contributed by atoms with van der Waals surface area (Å²) in [5.74, 6) is -1.47. The first-order valence-electron chi connectivity index (χ1n) is 5.29. The number of carbonyl (C=O) groups excluding carboxylic acids is 1. The minimum Gasteiger partial charge on any atom is -0.338 e. The van der Waals surface area contributed by atoms with Crippen molar-refractivity contribution in [2.45, 2.75) is 13.0 Å². The van der Waals surface area contributed by atoms with E-state index in [0.29, 0.717) is 0 Å². The number of likely N-dealkylation sites (N-methyl/N-ethyl adjacent to an activating group) is 1. The van der Waals surface area contributed by atoms with E-state index in [-0.39, 0.29) is 18.2 Å². The molecule has 6 nitrogen and oxygen atoms in total. The minimum absolute atomic E-state index is 0.205. The lowest BCUT2D eigenvalue weighted by Crippen LogP contribution is -2.40. The molecule has 0 aromatic heterocycles. The molecule has 98 valence electrons. The summed E-state index contributed by atoms with van der Waals surface area (Å²) in [6.07, 6.45) is 0. The molecule has 1 unspecified atom stereocenters. The van der Waals surface area contributed by atoms with Crippen LogP contribution in [0.3, 0.4) is 0 Å². The van der Waals surface area contributed by atoms with E-state index >= 15 is 0 Å². The maximum Gasteiger partial charge on any atom is 0.272 e. The standard InChI is InChI=1S/C11H14FN3O3/c1-7(6-13)14(2)11(16)9-4-3-8(15(17)18)5-10(9)12/h3-5,7H,6,13H2,1-2H3. The Morgan fingerprint density at radius 2 is 2.22 bits per heavy atom. The minimum atomic E-state index is -0.912. The van der Waals surface area contributed by atoms with Crippen LogP contribution in [-0.4, -0.2) is 35.4 Å².